The molecule has 2 aromatic rings. The van der Waals surface area contributed by atoms with E-state index >= 15 is 0 Å². The number of aryl methyl sites for hydroxylation is 1. The summed E-state index contributed by atoms with van der Waals surface area (Å²) in [6, 6.07) is 8.49. The molecule has 0 spiro atoms. The van der Waals surface area contributed by atoms with Crippen LogP contribution in [-0.2, 0) is 4.74 Å². The third-order valence-corrected chi connectivity index (χ3v) is 4.84. The average molecular weight is 382 g/mol. The Hall–Kier alpha value is -2.96. The van der Waals surface area contributed by atoms with E-state index in [1.54, 1.807) is 44.2 Å². The number of carbonyl (C=O) groups excluding carboxylic acids is 2. The van der Waals surface area contributed by atoms with Crippen molar-refractivity contribution in [3.63, 3.8) is 0 Å². The van der Waals surface area contributed by atoms with Gasteiger partial charge >= 0.3 is 5.97 Å². The lowest BCUT2D eigenvalue weighted by atomic mass is 9.99. The number of para-hydroxylation sites is 1. The number of nitrogens with zero attached hydrogens (tertiary/aromatic N) is 3. The van der Waals surface area contributed by atoms with Crippen molar-refractivity contribution in [1.29, 1.82) is 0 Å². The van der Waals surface area contributed by atoms with Crippen molar-refractivity contribution in [3.05, 3.63) is 47.4 Å². The van der Waals surface area contributed by atoms with Gasteiger partial charge in [-0.25, -0.2) is 14.8 Å². The number of benzene rings is 1. The van der Waals surface area contributed by atoms with Crippen LogP contribution in [0.4, 0.5) is 11.5 Å². The minimum Gasteiger partial charge on any atom is -0.462 e. The molecule has 1 aliphatic heterocycles. The average Bonchev–Trinajstić information content (AvgIpc) is 2.68. The van der Waals surface area contributed by atoms with E-state index in [4.69, 9.17) is 4.74 Å². The molecule has 0 atom stereocenters. The van der Waals surface area contributed by atoms with Gasteiger partial charge in [0.1, 0.15) is 17.3 Å². The molecule has 7 heteroatoms. The van der Waals surface area contributed by atoms with Crippen LogP contribution in [0.1, 0.15) is 53.4 Å². The Balaban J connectivity index is 1.81. The number of hydrogen-bond acceptors (Lipinski definition) is 6. The van der Waals surface area contributed by atoms with Crippen LogP contribution in [0.5, 0.6) is 0 Å². The monoisotopic (exact) mass is 382 g/mol. The highest BCUT2D eigenvalue weighted by molar-refractivity contribution is 6.07. The van der Waals surface area contributed by atoms with Crippen molar-refractivity contribution in [2.45, 2.75) is 33.6 Å². The van der Waals surface area contributed by atoms with Crippen LogP contribution >= 0.6 is 0 Å². The molecule has 1 saturated heterocycles. The summed E-state index contributed by atoms with van der Waals surface area (Å²) >= 11 is 0. The van der Waals surface area contributed by atoms with Crippen molar-refractivity contribution in [1.82, 2.24) is 9.97 Å². The zero-order valence-corrected chi connectivity index (χ0v) is 16.6. The molecule has 1 N–H and O–H groups in total. The van der Waals surface area contributed by atoms with Crippen LogP contribution in [0, 0.1) is 12.8 Å². The number of ether oxygens (including phenoxy) is 1. The molecule has 0 unspecified atom stereocenters. The van der Waals surface area contributed by atoms with Gasteiger partial charge in [-0.2, -0.15) is 0 Å². The van der Waals surface area contributed by atoms with Gasteiger partial charge < -0.3 is 15.0 Å². The van der Waals surface area contributed by atoms with E-state index in [-0.39, 0.29) is 18.2 Å². The summed E-state index contributed by atoms with van der Waals surface area (Å²) in [6.07, 6.45) is 2.22. The minimum atomic E-state index is -0.472. The van der Waals surface area contributed by atoms with E-state index < -0.39 is 5.97 Å². The number of amides is 1. The first-order valence-electron chi connectivity index (χ1n) is 9.66. The second-order valence-electron chi connectivity index (χ2n) is 7.05. The molecule has 7 nitrogen and oxygen atoms in total. The summed E-state index contributed by atoms with van der Waals surface area (Å²) in [4.78, 5) is 35.9. The lowest BCUT2D eigenvalue weighted by Crippen LogP contribution is -2.34. The summed E-state index contributed by atoms with van der Waals surface area (Å²) < 4.78 is 5.06. The van der Waals surface area contributed by atoms with Gasteiger partial charge in [0.25, 0.3) is 5.91 Å². The zero-order chi connectivity index (χ0) is 20.1. The molecular weight excluding hydrogens is 356 g/mol. The molecule has 0 aliphatic carbocycles. The van der Waals surface area contributed by atoms with Gasteiger partial charge in [-0.15, -0.1) is 0 Å². The molecule has 1 fully saturated rings. The molecule has 1 amide bonds. The number of hydrogen-bond donors (Lipinski definition) is 1. The molecule has 0 saturated carbocycles. The van der Waals surface area contributed by atoms with Gasteiger partial charge in [0.15, 0.2) is 0 Å². The quantitative estimate of drug-likeness (QED) is 0.798. The number of aromatic nitrogens is 2. The maximum absolute atomic E-state index is 12.8. The lowest BCUT2D eigenvalue weighted by molar-refractivity contribution is 0.0527. The number of anilines is 2. The second-order valence-corrected chi connectivity index (χ2v) is 7.05. The molecule has 0 bridgehead atoms. The maximum atomic E-state index is 12.8. The highest BCUT2D eigenvalue weighted by atomic mass is 16.5. The minimum absolute atomic E-state index is 0.268. The number of esters is 1. The van der Waals surface area contributed by atoms with Crippen LogP contribution in [0.2, 0.25) is 0 Å². The molecule has 148 valence electrons. The molecule has 1 aromatic heterocycles. The summed E-state index contributed by atoms with van der Waals surface area (Å²) in [5, 5.41) is 2.78. The van der Waals surface area contributed by atoms with E-state index in [0.717, 1.165) is 31.7 Å². The maximum Gasteiger partial charge on any atom is 0.340 e. The second kappa shape index (κ2) is 8.82. The fourth-order valence-corrected chi connectivity index (χ4v) is 3.23. The molecule has 1 aromatic carbocycles. The Kier molecular flexibility index (Phi) is 6.23. The fraction of sp³-hybridized carbons (Fsp3) is 0.429. The summed E-state index contributed by atoms with van der Waals surface area (Å²) in [6.45, 7) is 7.88. The molecule has 3 rings (SSSR count). The molecule has 2 heterocycles. The fourth-order valence-electron chi connectivity index (χ4n) is 3.23. The van der Waals surface area contributed by atoms with E-state index in [0.29, 0.717) is 23.0 Å². The van der Waals surface area contributed by atoms with Crippen molar-refractivity contribution in [3.8, 4) is 0 Å². The number of nitrogens with one attached hydrogen (secondary N) is 1. The predicted octanol–water partition coefficient (Wildman–Crippen LogP) is 3.45. The first-order chi connectivity index (χ1) is 13.5. The Morgan fingerprint density at radius 3 is 2.64 bits per heavy atom. The van der Waals surface area contributed by atoms with Crippen LogP contribution in [0.25, 0.3) is 0 Å². The first kappa shape index (κ1) is 19.8. The highest BCUT2D eigenvalue weighted by Crippen LogP contribution is 2.23. The first-order valence-corrected chi connectivity index (χ1v) is 9.66. The Bertz CT molecular complexity index is 860. The van der Waals surface area contributed by atoms with Crippen molar-refractivity contribution >= 4 is 23.4 Å². The third-order valence-electron chi connectivity index (χ3n) is 4.84. The van der Waals surface area contributed by atoms with E-state index in [9.17, 15) is 9.59 Å². The summed E-state index contributed by atoms with van der Waals surface area (Å²) in [5.41, 5.74) is 0.990. The third kappa shape index (κ3) is 4.65. The largest absolute Gasteiger partial charge is 0.462 e. The van der Waals surface area contributed by atoms with Crippen LogP contribution in [0.3, 0.4) is 0 Å². The van der Waals surface area contributed by atoms with Gasteiger partial charge in [0, 0.05) is 19.2 Å². The normalized spacial score (nSPS) is 14.6. The van der Waals surface area contributed by atoms with Gasteiger partial charge in [-0.3, -0.25) is 4.79 Å². The molecular formula is C21H26N4O3. The molecule has 1 aliphatic rings. The van der Waals surface area contributed by atoms with Crippen molar-refractivity contribution < 1.29 is 14.3 Å². The van der Waals surface area contributed by atoms with Gasteiger partial charge in [0.05, 0.1) is 17.9 Å². The standard InChI is InChI=1S/C21H26N4O3/c1-4-28-21(27)16-7-5-6-8-17(16)24-20(26)18-13-19(23-15(3)22-18)25-11-9-14(2)10-12-25/h5-8,13-14H,4,9-12H2,1-3H3,(H,24,26). The summed E-state index contributed by atoms with van der Waals surface area (Å²) in [5.74, 6) is 1.17. The summed E-state index contributed by atoms with van der Waals surface area (Å²) in [7, 11) is 0. The van der Waals surface area contributed by atoms with Gasteiger partial charge in [-0.05, 0) is 44.7 Å². The topological polar surface area (TPSA) is 84.4 Å². The van der Waals surface area contributed by atoms with E-state index in [2.05, 4.69) is 27.1 Å². The van der Waals surface area contributed by atoms with E-state index in [1.165, 1.54) is 0 Å². The van der Waals surface area contributed by atoms with Crippen LogP contribution < -0.4 is 10.2 Å². The van der Waals surface area contributed by atoms with Crippen LogP contribution in [-0.4, -0.2) is 41.5 Å². The Morgan fingerprint density at radius 1 is 1.21 bits per heavy atom. The zero-order valence-electron chi connectivity index (χ0n) is 16.6. The van der Waals surface area contributed by atoms with Gasteiger partial charge in [0.2, 0.25) is 0 Å². The lowest BCUT2D eigenvalue weighted by Gasteiger charge is -2.31. The number of piperidine rings is 1. The van der Waals surface area contributed by atoms with E-state index in [1.807, 2.05) is 0 Å². The highest BCUT2D eigenvalue weighted by Gasteiger charge is 2.20. The van der Waals surface area contributed by atoms with Gasteiger partial charge in [-0.1, -0.05) is 19.1 Å². The molecule has 28 heavy (non-hydrogen) atoms. The van der Waals surface area contributed by atoms with Crippen molar-refractivity contribution in [2.24, 2.45) is 5.92 Å². The SMILES string of the molecule is CCOC(=O)c1ccccc1NC(=O)c1cc(N2CCC(C)CC2)nc(C)n1. The number of carbonyl (C=O) groups is 2. The van der Waals surface area contributed by atoms with Crippen LogP contribution in [0.15, 0.2) is 30.3 Å². The smallest absolute Gasteiger partial charge is 0.340 e. The van der Waals surface area contributed by atoms with Crippen molar-refractivity contribution in [2.75, 3.05) is 29.9 Å². The Labute approximate surface area is 165 Å². The number of rotatable bonds is 5. The molecule has 0 radical (unpaired) electrons. The Morgan fingerprint density at radius 2 is 1.93 bits per heavy atom. The predicted molar refractivity (Wildman–Crippen MR) is 108 cm³/mol.